The summed E-state index contributed by atoms with van der Waals surface area (Å²) in [7, 11) is -0.805. The summed E-state index contributed by atoms with van der Waals surface area (Å²) in [5, 5.41) is 0. The van der Waals surface area contributed by atoms with Gasteiger partial charge in [-0.1, -0.05) is 37.3 Å². The number of hydrogen-bond acceptors (Lipinski definition) is 1. The molecular weight excluding hydrogens is 152 g/mol. The molecule has 0 aliphatic carbocycles. The summed E-state index contributed by atoms with van der Waals surface area (Å²) < 4.78 is 0. The fraction of sp³-hybridized carbons (Fsp3) is 0.333. The Balaban J connectivity index is 2.51. The Morgan fingerprint density at radius 1 is 1.36 bits per heavy atom. The molecule has 0 heterocycles. The minimum atomic E-state index is -0.805. The molecule has 1 atom stereocenters. The predicted molar refractivity (Wildman–Crippen MR) is 50.3 cm³/mol. The molecule has 0 fully saturated rings. The van der Waals surface area contributed by atoms with Crippen LogP contribution in [0.1, 0.15) is 12.5 Å². The van der Waals surface area contributed by atoms with Crippen molar-refractivity contribution in [1.82, 2.24) is 0 Å². The highest BCUT2D eigenvalue weighted by atomic mass is 28.2. The van der Waals surface area contributed by atoms with Crippen LogP contribution in [0.2, 0.25) is 5.54 Å². The van der Waals surface area contributed by atoms with E-state index in [1.165, 1.54) is 5.56 Å². The first-order valence-electron chi connectivity index (χ1n) is 3.97. The first-order valence-corrected chi connectivity index (χ1v) is 5.42. The van der Waals surface area contributed by atoms with Crippen molar-refractivity contribution < 1.29 is 4.80 Å². The van der Waals surface area contributed by atoms with Crippen molar-refractivity contribution >= 4 is 9.76 Å². The first kappa shape index (κ1) is 8.49. The molecule has 1 aromatic rings. The van der Waals surface area contributed by atoms with Crippen molar-refractivity contribution in [3.8, 4) is 0 Å². The monoisotopic (exact) mass is 166 g/mol. The molecule has 0 spiro atoms. The molecule has 2 heteroatoms. The third kappa shape index (κ3) is 2.86. The average Bonchev–Trinajstić information content (AvgIpc) is 2.06. The summed E-state index contributed by atoms with van der Waals surface area (Å²) in [5.74, 6) is 0. The van der Waals surface area contributed by atoms with E-state index in [1.54, 1.807) is 0 Å². The Morgan fingerprint density at radius 3 is 2.55 bits per heavy atom. The molecule has 1 rings (SSSR count). The standard InChI is InChI=1S/C9H14OSi/c1-8(11-10)7-9-5-3-2-4-6-9/h2-6,8,10H,7,11H2,1H3. The van der Waals surface area contributed by atoms with Crippen LogP contribution >= 0.6 is 0 Å². The van der Waals surface area contributed by atoms with Gasteiger partial charge in [-0.3, -0.25) is 0 Å². The van der Waals surface area contributed by atoms with Crippen molar-refractivity contribution in [3.05, 3.63) is 35.9 Å². The van der Waals surface area contributed by atoms with Gasteiger partial charge in [0.15, 0.2) is 9.76 Å². The number of hydrogen-bond donors (Lipinski definition) is 1. The molecule has 0 amide bonds. The maximum atomic E-state index is 8.93. The van der Waals surface area contributed by atoms with Gasteiger partial charge < -0.3 is 4.80 Å². The lowest BCUT2D eigenvalue weighted by Gasteiger charge is -2.05. The van der Waals surface area contributed by atoms with Crippen molar-refractivity contribution in [1.29, 1.82) is 0 Å². The van der Waals surface area contributed by atoms with E-state index < -0.39 is 9.76 Å². The average molecular weight is 166 g/mol. The van der Waals surface area contributed by atoms with Crippen molar-refractivity contribution in [3.63, 3.8) is 0 Å². The molecule has 1 aromatic carbocycles. The van der Waals surface area contributed by atoms with Gasteiger partial charge in [0.25, 0.3) is 0 Å². The van der Waals surface area contributed by atoms with E-state index in [1.807, 2.05) is 18.2 Å². The highest BCUT2D eigenvalue weighted by Gasteiger charge is 2.00. The van der Waals surface area contributed by atoms with E-state index in [-0.39, 0.29) is 0 Å². The summed E-state index contributed by atoms with van der Waals surface area (Å²) in [4.78, 5) is 8.93. The lowest BCUT2D eigenvalue weighted by atomic mass is 10.1. The quantitative estimate of drug-likeness (QED) is 0.667. The zero-order valence-corrected chi connectivity index (χ0v) is 8.24. The third-order valence-electron chi connectivity index (χ3n) is 1.74. The highest BCUT2D eigenvalue weighted by Crippen LogP contribution is 2.10. The van der Waals surface area contributed by atoms with Crippen LogP contribution in [0.3, 0.4) is 0 Å². The highest BCUT2D eigenvalue weighted by molar-refractivity contribution is 6.27. The molecule has 0 saturated carbocycles. The molecule has 11 heavy (non-hydrogen) atoms. The van der Waals surface area contributed by atoms with Crippen LogP contribution in [0.25, 0.3) is 0 Å². The minimum Gasteiger partial charge on any atom is -0.438 e. The first-order chi connectivity index (χ1) is 5.33. The molecule has 0 aromatic heterocycles. The van der Waals surface area contributed by atoms with E-state index in [9.17, 15) is 0 Å². The molecule has 1 nitrogen and oxygen atoms in total. The normalized spacial score (nSPS) is 14.0. The van der Waals surface area contributed by atoms with Crippen molar-refractivity contribution in [2.75, 3.05) is 0 Å². The predicted octanol–water partition coefficient (Wildman–Crippen LogP) is 1.11. The molecule has 0 radical (unpaired) electrons. The van der Waals surface area contributed by atoms with Crippen LogP contribution < -0.4 is 0 Å². The molecule has 1 unspecified atom stereocenters. The Labute approximate surface area is 70.0 Å². The minimum absolute atomic E-state index is 0.511. The largest absolute Gasteiger partial charge is 0.438 e. The Morgan fingerprint density at radius 2 is 2.00 bits per heavy atom. The lowest BCUT2D eigenvalue weighted by Crippen LogP contribution is -2.01. The maximum absolute atomic E-state index is 8.93. The van der Waals surface area contributed by atoms with Crippen molar-refractivity contribution in [2.24, 2.45) is 0 Å². The molecule has 0 aliphatic rings. The lowest BCUT2D eigenvalue weighted by molar-refractivity contribution is 0.580. The SMILES string of the molecule is CC(Cc1ccccc1)[SiH2]O. The fourth-order valence-corrected chi connectivity index (χ4v) is 1.54. The molecule has 0 aliphatic heterocycles. The summed E-state index contributed by atoms with van der Waals surface area (Å²) in [6.07, 6.45) is 1.03. The van der Waals surface area contributed by atoms with Gasteiger partial charge in [-0.05, 0) is 17.5 Å². The van der Waals surface area contributed by atoms with Crippen LogP contribution in [-0.4, -0.2) is 14.6 Å². The molecule has 1 N–H and O–H groups in total. The summed E-state index contributed by atoms with van der Waals surface area (Å²) in [5.41, 5.74) is 1.85. The second-order valence-corrected chi connectivity index (χ2v) is 4.74. The summed E-state index contributed by atoms with van der Waals surface area (Å²) in [6, 6.07) is 10.3. The van der Waals surface area contributed by atoms with Gasteiger partial charge in [0.1, 0.15) is 0 Å². The summed E-state index contributed by atoms with van der Waals surface area (Å²) >= 11 is 0. The van der Waals surface area contributed by atoms with Gasteiger partial charge in [0, 0.05) is 0 Å². The van der Waals surface area contributed by atoms with Crippen LogP contribution in [0.15, 0.2) is 30.3 Å². The molecule has 0 saturated heterocycles. The van der Waals surface area contributed by atoms with Crippen LogP contribution in [0.4, 0.5) is 0 Å². The molecule has 60 valence electrons. The maximum Gasteiger partial charge on any atom is 0.159 e. The number of benzene rings is 1. The van der Waals surface area contributed by atoms with Gasteiger partial charge in [0.2, 0.25) is 0 Å². The van der Waals surface area contributed by atoms with Gasteiger partial charge >= 0.3 is 0 Å². The van der Waals surface area contributed by atoms with Gasteiger partial charge in [-0.25, -0.2) is 0 Å². The van der Waals surface area contributed by atoms with Gasteiger partial charge in [-0.2, -0.15) is 0 Å². The molecular formula is C9H14OSi. The fourth-order valence-electron chi connectivity index (χ4n) is 1.08. The van der Waals surface area contributed by atoms with Crippen LogP contribution in [0.5, 0.6) is 0 Å². The van der Waals surface area contributed by atoms with Gasteiger partial charge in [-0.15, -0.1) is 0 Å². The third-order valence-corrected chi connectivity index (χ3v) is 2.65. The second kappa shape index (κ2) is 4.31. The Bertz CT molecular complexity index is 198. The molecule has 0 bridgehead atoms. The number of rotatable bonds is 3. The zero-order chi connectivity index (χ0) is 8.10. The van der Waals surface area contributed by atoms with E-state index in [4.69, 9.17) is 4.80 Å². The van der Waals surface area contributed by atoms with Crippen LogP contribution in [0, 0.1) is 0 Å². The van der Waals surface area contributed by atoms with Crippen LogP contribution in [-0.2, 0) is 6.42 Å². The zero-order valence-electron chi connectivity index (χ0n) is 6.83. The second-order valence-electron chi connectivity index (χ2n) is 2.98. The summed E-state index contributed by atoms with van der Waals surface area (Å²) in [6.45, 7) is 2.11. The topological polar surface area (TPSA) is 20.2 Å². The van der Waals surface area contributed by atoms with E-state index in [2.05, 4.69) is 19.1 Å². The van der Waals surface area contributed by atoms with E-state index in [0.717, 1.165) is 6.42 Å². The van der Waals surface area contributed by atoms with E-state index in [0.29, 0.717) is 5.54 Å². The van der Waals surface area contributed by atoms with Crippen molar-refractivity contribution in [2.45, 2.75) is 18.9 Å². The van der Waals surface area contributed by atoms with E-state index >= 15 is 0 Å². The Kier molecular flexibility index (Phi) is 3.33. The smallest absolute Gasteiger partial charge is 0.159 e. The Hall–Kier alpha value is -0.603. The van der Waals surface area contributed by atoms with Gasteiger partial charge in [0.05, 0.1) is 0 Å².